The molecule has 0 spiro atoms. The molecule has 76 valence electrons. The van der Waals surface area contributed by atoms with Crippen molar-refractivity contribution in [3.63, 3.8) is 0 Å². The Morgan fingerprint density at radius 1 is 1.50 bits per heavy atom. The van der Waals surface area contributed by atoms with E-state index in [1.54, 1.807) is 6.07 Å². The van der Waals surface area contributed by atoms with Gasteiger partial charge in [0.2, 0.25) is 0 Å². The summed E-state index contributed by atoms with van der Waals surface area (Å²) in [6.07, 6.45) is 0.802. The minimum atomic E-state index is -0.207. The number of rotatable bonds is 3. The first-order chi connectivity index (χ1) is 6.81. The fourth-order valence-corrected chi connectivity index (χ4v) is 1.68. The molecule has 0 radical (unpaired) electrons. The van der Waals surface area contributed by atoms with Gasteiger partial charge in [0.1, 0.15) is 0 Å². The summed E-state index contributed by atoms with van der Waals surface area (Å²) in [7, 11) is 1.49. The van der Waals surface area contributed by atoms with E-state index in [0.29, 0.717) is 11.7 Å². The van der Waals surface area contributed by atoms with Gasteiger partial charge >= 0.3 is 0 Å². The number of hydrogen-bond donors (Lipinski definition) is 1. The van der Waals surface area contributed by atoms with Crippen LogP contribution in [0.1, 0.15) is 5.56 Å². The van der Waals surface area contributed by atoms with Crippen LogP contribution < -0.4 is 10.1 Å². The van der Waals surface area contributed by atoms with Crippen LogP contribution in [0.5, 0.6) is 5.75 Å². The quantitative estimate of drug-likeness (QED) is 0.791. The normalized spacial score (nSPS) is 16.4. The standard InChI is InChI=1S/C11H14FNO/c1-14-10-4-2-3-9(11(10)12)5-8-6-13-7-8/h2-4,8,13H,5-7H2,1H3. The molecule has 0 aromatic heterocycles. The molecule has 14 heavy (non-hydrogen) atoms. The Hall–Kier alpha value is -1.09. The van der Waals surface area contributed by atoms with Gasteiger partial charge in [-0.25, -0.2) is 4.39 Å². The van der Waals surface area contributed by atoms with Crippen LogP contribution >= 0.6 is 0 Å². The molecule has 1 aromatic rings. The Morgan fingerprint density at radius 3 is 2.86 bits per heavy atom. The van der Waals surface area contributed by atoms with E-state index in [1.165, 1.54) is 7.11 Å². The van der Waals surface area contributed by atoms with E-state index in [2.05, 4.69) is 5.32 Å². The van der Waals surface area contributed by atoms with Gasteiger partial charge < -0.3 is 10.1 Å². The highest BCUT2D eigenvalue weighted by atomic mass is 19.1. The highest BCUT2D eigenvalue weighted by Crippen LogP contribution is 2.23. The molecular formula is C11H14FNO. The minimum absolute atomic E-state index is 0.207. The van der Waals surface area contributed by atoms with Crippen molar-refractivity contribution in [3.05, 3.63) is 29.6 Å². The van der Waals surface area contributed by atoms with Gasteiger partial charge in [-0.2, -0.15) is 0 Å². The van der Waals surface area contributed by atoms with Crippen molar-refractivity contribution in [1.82, 2.24) is 5.32 Å². The zero-order chi connectivity index (χ0) is 9.97. The van der Waals surface area contributed by atoms with E-state index >= 15 is 0 Å². The van der Waals surface area contributed by atoms with E-state index in [9.17, 15) is 4.39 Å². The summed E-state index contributed by atoms with van der Waals surface area (Å²) in [5.74, 6) is 0.716. The maximum atomic E-state index is 13.6. The summed E-state index contributed by atoms with van der Waals surface area (Å²) in [6, 6.07) is 5.32. The first kappa shape index (κ1) is 9.46. The predicted molar refractivity (Wildman–Crippen MR) is 53.0 cm³/mol. The van der Waals surface area contributed by atoms with Crippen LogP contribution in [0.15, 0.2) is 18.2 Å². The number of hydrogen-bond acceptors (Lipinski definition) is 2. The number of halogens is 1. The Bertz CT molecular complexity index is 323. The van der Waals surface area contributed by atoms with Crippen LogP contribution in [-0.4, -0.2) is 20.2 Å². The highest BCUT2D eigenvalue weighted by molar-refractivity contribution is 5.31. The minimum Gasteiger partial charge on any atom is -0.494 e. The van der Waals surface area contributed by atoms with Crippen molar-refractivity contribution in [2.75, 3.05) is 20.2 Å². The molecule has 2 rings (SSSR count). The number of ether oxygens (including phenoxy) is 1. The molecule has 0 amide bonds. The molecule has 1 aromatic carbocycles. The maximum absolute atomic E-state index is 13.6. The lowest BCUT2D eigenvalue weighted by Crippen LogP contribution is -2.43. The van der Waals surface area contributed by atoms with Crippen molar-refractivity contribution >= 4 is 0 Å². The van der Waals surface area contributed by atoms with Crippen LogP contribution in [0, 0.1) is 11.7 Å². The van der Waals surface area contributed by atoms with Gasteiger partial charge in [0.15, 0.2) is 11.6 Å². The monoisotopic (exact) mass is 195 g/mol. The largest absolute Gasteiger partial charge is 0.494 e. The van der Waals surface area contributed by atoms with E-state index in [4.69, 9.17) is 4.74 Å². The van der Waals surface area contributed by atoms with Crippen LogP contribution in [0.3, 0.4) is 0 Å². The lowest BCUT2D eigenvalue weighted by molar-refractivity contribution is 0.337. The zero-order valence-electron chi connectivity index (χ0n) is 8.22. The molecule has 3 heteroatoms. The fraction of sp³-hybridized carbons (Fsp3) is 0.455. The molecule has 0 saturated carbocycles. The van der Waals surface area contributed by atoms with Crippen molar-refractivity contribution in [2.24, 2.45) is 5.92 Å². The van der Waals surface area contributed by atoms with Gasteiger partial charge in [0, 0.05) is 0 Å². The smallest absolute Gasteiger partial charge is 0.168 e. The summed E-state index contributed by atoms with van der Waals surface area (Å²) >= 11 is 0. The molecule has 1 aliphatic heterocycles. The molecule has 1 heterocycles. The molecule has 0 aliphatic carbocycles. The Kier molecular flexibility index (Phi) is 2.68. The van der Waals surface area contributed by atoms with Gasteiger partial charge in [0.05, 0.1) is 7.11 Å². The summed E-state index contributed by atoms with van der Waals surface area (Å²) < 4.78 is 18.6. The maximum Gasteiger partial charge on any atom is 0.168 e. The van der Waals surface area contributed by atoms with Gasteiger partial charge in [-0.3, -0.25) is 0 Å². The van der Waals surface area contributed by atoms with Crippen molar-refractivity contribution < 1.29 is 9.13 Å². The third-order valence-electron chi connectivity index (χ3n) is 2.64. The van der Waals surface area contributed by atoms with Gasteiger partial charge in [-0.1, -0.05) is 12.1 Å². The molecule has 1 aliphatic rings. The summed E-state index contributed by atoms with van der Waals surface area (Å²) in [5.41, 5.74) is 0.760. The average molecular weight is 195 g/mol. The summed E-state index contributed by atoms with van der Waals surface area (Å²) in [6.45, 7) is 1.99. The van der Waals surface area contributed by atoms with Crippen molar-refractivity contribution in [2.45, 2.75) is 6.42 Å². The molecule has 0 atom stereocenters. The second kappa shape index (κ2) is 3.96. The fourth-order valence-electron chi connectivity index (χ4n) is 1.68. The van der Waals surface area contributed by atoms with Crippen molar-refractivity contribution in [3.8, 4) is 5.75 Å². The summed E-state index contributed by atoms with van der Waals surface area (Å²) in [4.78, 5) is 0. The third-order valence-corrected chi connectivity index (χ3v) is 2.64. The second-order valence-electron chi connectivity index (χ2n) is 3.66. The van der Waals surface area contributed by atoms with Gasteiger partial charge in [-0.15, -0.1) is 0 Å². The van der Waals surface area contributed by atoms with Crippen molar-refractivity contribution in [1.29, 1.82) is 0 Å². The Labute approximate surface area is 83.1 Å². The Morgan fingerprint density at radius 2 is 2.29 bits per heavy atom. The Balaban J connectivity index is 2.15. The first-order valence-electron chi connectivity index (χ1n) is 4.83. The molecule has 1 fully saturated rings. The van der Waals surface area contributed by atoms with E-state index in [0.717, 1.165) is 25.1 Å². The lowest BCUT2D eigenvalue weighted by atomic mass is 9.94. The topological polar surface area (TPSA) is 21.3 Å². The van der Waals surface area contributed by atoms with Crippen LogP contribution in [0.2, 0.25) is 0 Å². The van der Waals surface area contributed by atoms with E-state index < -0.39 is 0 Å². The molecule has 1 N–H and O–H groups in total. The molecule has 2 nitrogen and oxygen atoms in total. The van der Waals surface area contributed by atoms with Crippen LogP contribution in [-0.2, 0) is 6.42 Å². The number of benzene rings is 1. The lowest BCUT2D eigenvalue weighted by Gasteiger charge is -2.27. The van der Waals surface area contributed by atoms with Crippen LogP contribution in [0.4, 0.5) is 4.39 Å². The predicted octanol–water partition coefficient (Wildman–Crippen LogP) is 1.60. The SMILES string of the molecule is COc1cccc(CC2CNC2)c1F. The molecular weight excluding hydrogens is 181 g/mol. The van der Waals surface area contributed by atoms with Gasteiger partial charge in [-0.05, 0) is 37.1 Å². The molecule has 0 bridgehead atoms. The average Bonchev–Trinajstić information content (AvgIpc) is 2.13. The molecule has 1 saturated heterocycles. The second-order valence-corrected chi connectivity index (χ2v) is 3.66. The molecule has 0 unspecified atom stereocenters. The summed E-state index contributed by atoms with van der Waals surface area (Å²) in [5, 5.41) is 3.18. The van der Waals surface area contributed by atoms with E-state index in [-0.39, 0.29) is 5.82 Å². The van der Waals surface area contributed by atoms with E-state index in [1.807, 2.05) is 12.1 Å². The number of nitrogens with one attached hydrogen (secondary N) is 1. The zero-order valence-corrected chi connectivity index (χ0v) is 8.22. The number of methoxy groups -OCH3 is 1. The highest BCUT2D eigenvalue weighted by Gasteiger charge is 2.19. The third kappa shape index (κ3) is 1.73. The van der Waals surface area contributed by atoms with Crippen LogP contribution in [0.25, 0.3) is 0 Å². The first-order valence-corrected chi connectivity index (χ1v) is 4.83. The van der Waals surface area contributed by atoms with Gasteiger partial charge in [0.25, 0.3) is 0 Å².